The third-order valence-corrected chi connectivity index (χ3v) is 12.2. The number of amides is 2. The quantitative estimate of drug-likeness (QED) is 0.0979. The summed E-state index contributed by atoms with van der Waals surface area (Å²) in [5.41, 5.74) is 5.03. The number of nitrogens with zero attached hydrogens (tertiary/aromatic N) is 6. The van der Waals surface area contributed by atoms with E-state index in [-0.39, 0.29) is 35.7 Å². The molecule has 54 heavy (non-hydrogen) atoms. The molecule has 2 aromatic carbocycles. The Labute approximate surface area is 317 Å². The Morgan fingerprint density at radius 3 is 2.56 bits per heavy atom. The number of piperidine rings is 2. The summed E-state index contributed by atoms with van der Waals surface area (Å²) in [6.07, 6.45) is 10.3. The van der Waals surface area contributed by atoms with Crippen molar-refractivity contribution in [1.29, 1.82) is 0 Å². The Morgan fingerprint density at radius 1 is 0.963 bits per heavy atom. The number of pyridine rings is 1. The van der Waals surface area contributed by atoms with E-state index in [4.69, 9.17) is 9.72 Å². The predicted octanol–water partition coefficient (Wildman–Crippen LogP) is 5.71. The Bertz CT molecular complexity index is 2340. The number of aromatic nitrogens is 5. The van der Waals surface area contributed by atoms with Gasteiger partial charge in [0.1, 0.15) is 11.7 Å². The molecule has 0 spiro atoms. The van der Waals surface area contributed by atoms with Crippen LogP contribution in [0.5, 0.6) is 0 Å². The average molecular weight is 751 g/mol. The number of carbonyl (C=O) groups is 2. The summed E-state index contributed by atoms with van der Waals surface area (Å²) in [6.45, 7) is 4.56. The van der Waals surface area contributed by atoms with Crippen LogP contribution in [-0.4, -0.2) is 65.6 Å². The fraction of sp³-hybridized carbons (Fsp3) is 0.450. The molecule has 1 saturated carbocycles. The van der Waals surface area contributed by atoms with E-state index in [0.29, 0.717) is 30.1 Å². The summed E-state index contributed by atoms with van der Waals surface area (Å²) >= 11 is 1.77. The molecular weight excluding hydrogens is 705 g/mol. The van der Waals surface area contributed by atoms with E-state index < -0.39 is 11.9 Å². The van der Waals surface area contributed by atoms with Crippen LogP contribution in [0.15, 0.2) is 69.2 Å². The van der Waals surface area contributed by atoms with Gasteiger partial charge in [-0.1, -0.05) is 25.0 Å². The second-order valence-electron chi connectivity index (χ2n) is 14.7. The molecule has 1 aliphatic carbocycles. The molecule has 13 nitrogen and oxygen atoms in total. The number of anilines is 2. The van der Waals surface area contributed by atoms with Crippen molar-refractivity contribution in [2.24, 2.45) is 7.05 Å². The molecule has 8 rings (SSSR count). The molecular formula is C40H46N8O5S. The molecule has 282 valence electrons. The zero-order chi connectivity index (χ0) is 37.3. The fourth-order valence-corrected chi connectivity index (χ4v) is 9.32. The largest absolute Gasteiger partial charge is 0.378 e. The Morgan fingerprint density at radius 2 is 1.78 bits per heavy atom. The molecule has 14 heteroatoms. The molecule has 1 atom stereocenters. The maximum Gasteiger partial charge on any atom is 0.329 e. The first-order valence-corrected chi connectivity index (χ1v) is 19.8. The summed E-state index contributed by atoms with van der Waals surface area (Å²) < 4.78 is 13.7. The van der Waals surface area contributed by atoms with Gasteiger partial charge in [-0.15, -0.1) is 0 Å². The van der Waals surface area contributed by atoms with Crippen molar-refractivity contribution >= 4 is 57.5 Å². The van der Waals surface area contributed by atoms with Crippen molar-refractivity contribution in [3.8, 4) is 0 Å². The molecule has 5 heterocycles. The van der Waals surface area contributed by atoms with Crippen LogP contribution in [-0.2, 0) is 27.8 Å². The topological polar surface area (TPSA) is 145 Å². The molecule has 3 aliphatic rings. The number of aryl methyl sites for hydroxylation is 3. The standard InChI is InChI=1S/C40H46N8O5S/c1-25-23-30(13-14-31(25)42-39-41-24-27-12-17-35(50)47(37(27)44-39)28-9-3-4-10-28)54-46-20-18-29(19-21-46)53-22-6-8-26-7-5-11-32-36(26)45(2)40(52)48(32)33-15-16-34(49)43-38(33)51/h5,7,11-14,17,23-24,28-29,33H,3-4,6,8-10,15-16,18-22H2,1-2H3,(H,41,42,44)(H,43,49,51). The van der Waals surface area contributed by atoms with E-state index >= 15 is 0 Å². The van der Waals surface area contributed by atoms with Crippen LogP contribution in [0.1, 0.15) is 81.0 Å². The van der Waals surface area contributed by atoms with Crippen molar-refractivity contribution in [2.45, 2.75) is 94.2 Å². The third-order valence-electron chi connectivity index (χ3n) is 11.1. The number of nitrogens with one attached hydrogen (secondary N) is 2. The maximum absolute atomic E-state index is 13.2. The van der Waals surface area contributed by atoms with Crippen LogP contribution in [0.3, 0.4) is 0 Å². The first kappa shape index (κ1) is 36.2. The van der Waals surface area contributed by atoms with Gasteiger partial charge in [0, 0.05) is 67.4 Å². The van der Waals surface area contributed by atoms with E-state index in [2.05, 4.69) is 45.0 Å². The van der Waals surface area contributed by atoms with E-state index in [1.165, 1.54) is 9.46 Å². The van der Waals surface area contributed by atoms with Crippen molar-refractivity contribution in [1.82, 2.24) is 33.3 Å². The van der Waals surface area contributed by atoms with Gasteiger partial charge in [-0.25, -0.2) is 14.1 Å². The molecule has 2 saturated heterocycles. The number of hydrogen-bond donors (Lipinski definition) is 2. The molecule has 2 aliphatic heterocycles. The summed E-state index contributed by atoms with van der Waals surface area (Å²) in [5, 5.41) is 6.63. The summed E-state index contributed by atoms with van der Waals surface area (Å²) in [6, 6.07) is 15.1. The van der Waals surface area contributed by atoms with Gasteiger partial charge in [0.15, 0.2) is 0 Å². The van der Waals surface area contributed by atoms with Crippen molar-refractivity contribution in [3.05, 3.63) is 86.7 Å². The lowest BCUT2D eigenvalue weighted by Crippen LogP contribution is -2.44. The fourth-order valence-electron chi connectivity index (χ4n) is 8.27. The number of para-hydroxylation sites is 1. The van der Waals surface area contributed by atoms with Gasteiger partial charge in [0.25, 0.3) is 5.56 Å². The minimum absolute atomic E-state index is 0.00583. The first-order valence-electron chi connectivity index (χ1n) is 19.1. The number of imide groups is 1. The lowest BCUT2D eigenvalue weighted by molar-refractivity contribution is -0.135. The van der Waals surface area contributed by atoms with Crippen LogP contribution >= 0.6 is 11.9 Å². The first-order chi connectivity index (χ1) is 26.2. The van der Waals surface area contributed by atoms with Gasteiger partial charge in [0.2, 0.25) is 17.8 Å². The lowest BCUT2D eigenvalue weighted by atomic mass is 10.0. The van der Waals surface area contributed by atoms with Gasteiger partial charge in [0.05, 0.1) is 17.1 Å². The van der Waals surface area contributed by atoms with Gasteiger partial charge in [-0.3, -0.25) is 33.4 Å². The molecule has 3 aromatic heterocycles. The van der Waals surface area contributed by atoms with Crippen LogP contribution in [0.4, 0.5) is 11.6 Å². The zero-order valence-electron chi connectivity index (χ0n) is 30.8. The summed E-state index contributed by atoms with van der Waals surface area (Å²) in [5.74, 6) is -0.240. The molecule has 5 aromatic rings. The number of rotatable bonds is 11. The van der Waals surface area contributed by atoms with Gasteiger partial charge in [-0.2, -0.15) is 4.98 Å². The van der Waals surface area contributed by atoms with Crippen molar-refractivity contribution < 1.29 is 14.3 Å². The van der Waals surface area contributed by atoms with Crippen LogP contribution in [0.25, 0.3) is 22.1 Å². The summed E-state index contributed by atoms with van der Waals surface area (Å²) in [4.78, 5) is 60.9. The maximum atomic E-state index is 13.2. The molecule has 0 radical (unpaired) electrons. The highest BCUT2D eigenvalue weighted by Gasteiger charge is 2.31. The molecule has 1 unspecified atom stereocenters. The van der Waals surface area contributed by atoms with Crippen LogP contribution in [0.2, 0.25) is 0 Å². The number of fused-ring (bicyclic) bond motifs is 2. The Hall–Kier alpha value is -4.79. The predicted molar refractivity (Wildman–Crippen MR) is 209 cm³/mol. The van der Waals surface area contributed by atoms with Gasteiger partial charge < -0.3 is 10.1 Å². The van der Waals surface area contributed by atoms with E-state index in [9.17, 15) is 19.2 Å². The number of carbonyl (C=O) groups excluding carboxylic acids is 2. The smallest absolute Gasteiger partial charge is 0.329 e. The number of benzene rings is 2. The highest BCUT2D eigenvalue weighted by atomic mass is 32.2. The number of ether oxygens (including phenoxy) is 1. The van der Waals surface area contributed by atoms with E-state index in [1.807, 2.05) is 28.8 Å². The SMILES string of the molecule is Cc1cc(SN2CCC(OCCCc3cccc4c3n(C)c(=O)n4C3CCC(=O)NC3=O)CC2)ccc1Nc1ncc2ccc(=O)n(C3CCCC3)c2n1. The van der Waals surface area contributed by atoms with Gasteiger partial charge in [-0.05, 0) is 105 Å². The Kier molecular flexibility index (Phi) is 10.4. The number of imidazole rings is 1. The number of hydrogen-bond acceptors (Lipinski definition) is 10. The second-order valence-corrected chi connectivity index (χ2v) is 15.9. The summed E-state index contributed by atoms with van der Waals surface area (Å²) in [7, 11) is 1.74. The monoisotopic (exact) mass is 750 g/mol. The third kappa shape index (κ3) is 7.34. The molecule has 2 N–H and O–H groups in total. The van der Waals surface area contributed by atoms with Crippen molar-refractivity contribution in [3.63, 3.8) is 0 Å². The average Bonchev–Trinajstić information content (AvgIpc) is 3.78. The second kappa shape index (κ2) is 15.5. The van der Waals surface area contributed by atoms with Crippen molar-refractivity contribution in [2.75, 3.05) is 25.0 Å². The molecule has 2 amide bonds. The molecule has 0 bridgehead atoms. The normalized spacial score (nSPS) is 18.9. The van der Waals surface area contributed by atoms with Crippen LogP contribution in [0, 0.1) is 6.92 Å². The Balaban J connectivity index is 0.826. The minimum atomic E-state index is -0.692. The van der Waals surface area contributed by atoms with Gasteiger partial charge >= 0.3 is 5.69 Å². The minimum Gasteiger partial charge on any atom is -0.378 e. The van der Waals surface area contributed by atoms with Crippen LogP contribution < -0.4 is 21.9 Å². The van der Waals surface area contributed by atoms with E-state index in [1.54, 1.807) is 35.8 Å². The van der Waals surface area contributed by atoms with E-state index in [0.717, 1.165) is 92.2 Å². The molecule has 3 fully saturated rings. The zero-order valence-corrected chi connectivity index (χ0v) is 31.6. The lowest BCUT2D eigenvalue weighted by Gasteiger charge is -2.31. The highest BCUT2D eigenvalue weighted by molar-refractivity contribution is 7.97. The highest BCUT2D eigenvalue weighted by Crippen LogP contribution is 2.33.